The standard InChI is InChI=1S/C17H25NO3/c1-12-11-20-15(10-19)9-18(12)8-14-6-4-5-13-7-17(2,3)21-16(13)14/h4-6,12,15,19H,7-11H2,1-3H3. The monoisotopic (exact) mass is 291 g/mol. The van der Waals surface area contributed by atoms with Gasteiger partial charge < -0.3 is 14.6 Å². The Balaban J connectivity index is 1.78. The number of benzene rings is 1. The van der Waals surface area contributed by atoms with Gasteiger partial charge in [0.15, 0.2) is 0 Å². The van der Waals surface area contributed by atoms with Crippen molar-refractivity contribution in [1.29, 1.82) is 0 Å². The zero-order chi connectivity index (χ0) is 15.0. The normalized spacial score (nSPS) is 28.2. The van der Waals surface area contributed by atoms with Gasteiger partial charge in [-0.3, -0.25) is 4.90 Å². The van der Waals surface area contributed by atoms with Crippen molar-refractivity contribution >= 4 is 0 Å². The van der Waals surface area contributed by atoms with E-state index in [0.29, 0.717) is 12.6 Å². The third-order valence-corrected chi connectivity index (χ3v) is 4.38. The minimum atomic E-state index is -0.108. The molecule has 2 unspecified atom stereocenters. The lowest BCUT2D eigenvalue weighted by molar-refractivity contribution is -0.0807. The summed E-state index contributed by atoms with van der Waals surface area (Å²) in [6, 6.07) is 6.79. The van der Waals surface area contributed by atoms with Gasteiger partial charge in [0, 0.05) is 31.1 Å². The van der Waals surface area contributed by atoms with Crippen molar-refractivity contribution in [2.24, 2.45) is 0 Å². The first-order chi connectivity index (χ1) is 9.98. The molecule has 1 saturated heterocycles. The van der Waals surface area contributed by atoms with E-state index in [9.17, 15) is 5.11 Å². The van der Waals surface area contributed by atoms with Crippen LogP contribution in [0.1, 0.15) is 31.9 Å². The van der Waals surface area contributed by atoms with Crippen LogP contribution in [0.5, 0.6) is 5.75 Å². The molecule has 0 saturated carbocycles. The predicted molar refractivity (Wildman–Crippen MR) is 81.6 cm³/mol. The summed E-state index contributed by atoms with van der Waals surface area (Å²) in [6.45, 7) is 8.81. The maximum Gasteiger partial charge on any atom is 0.127 e. The lowest BCUT2D eigenvalue weighted by atomic mass is 10.00. The van der Waals surface area contributed by atoms with Gasteiger partial charge in [-0.1, -0.05) is 18.2 Å². The van der Waals surface area contributed by atoms with Gasteiger partial charge in [-0.15, -0.1) is 0 Å². The molecule has 0 radical (unpaired) electrons. The molecule has 0 aromatic heterocycles. The van der Waals surface area contributed by atoms with Crippen molar-refractivity contribution in [2.45, 2.75) is 51.5 Å². The van der Waals surface area contributed by atoms with Gasteiger partial charge in [-0.05, 0) is 26.3 Å². The third-order valence-electron chi connectivity index (χ3n) is 4.38. The fraction of sp³-hybridized carbons (Fsp3) is 0.647. The molecule has 2 aliphatic heterocycles. The third kappa shape index (κ3) is 3.07. The zero-order valence-corrected chi connectivity index (χ0v) is 13.1. The van der Waals surface area contributed by atoms with E-state index >= 15 is 0 Å². The van der Waals surface area contributed by atoms with Crippen molar-refractivity contribution in [3.63, 3.8) is 0 Å². The molecule has 4 heteroatoms. The summed E-state index contributed by atoms with van der Waals surface area (Å²) in [5, 5.41) is 9.31. The summed E-state index contributed by atoms with van der Waals surface area (Å²) in [6.07, 6.45) is 0.893. The fourth-order valence-electron chi connectivity index (χ4n) is 3.23. The molecular weight excluding hydrogens is 266 g/mol. The highest BCUT2D eigenvalue weighted by Crippen LogP contribution is 2.38. The van der Waals surface area contributed by atoms with E-state index in [2.05, 4.69) is 43.9 Å². The van der Waals surface area contributed by atoms with Crippen LogP contribution in [-0.2, 0) is 17.7 Å². The SMILES string of the molecule is CC1COC(CO)CN1Cc1cccc2c1OC(C)(C)C2. The number of morpholine rings is 1. The molecule has 4 nitrogen and oxygen atoms in total. The molecule has 116 valence electrons. The Morgan fingerprint density at radius 3 is 2.95 bits per heavy atom. The van der Waals surface area contributed by atoms with E-state index in [1.165, 1.54) is 11.1 Å². The number of rotatable bonds is 3. The molecule has 2 aliphatic rings. The van der Waals surface area contributed by atoms with Crippen LogP contribution in [0.2, 0.25) is 0 Å². The van der Waals surface area contributed by atoms with Crippen molar-refractivity contribution in [2.75, 3.05) is 19.8 Å². The predicted octanol–water partition coefficient (Wildman–Crippen LogP) is 1.98. The quantitative estimate of drug-likeness (QED) is 0.924. The van der Waals surface area contributed by atoms with Crippen molar-refractivity contribution in [3.05, 3.63) is 29.3 Å². The molecule has 1 aromatic carbocycles. The van der Waals surface area contributed by atoms with Crippen LogP contribution in [0.15, 0.2) is 18.2 Å². The summed E-state index contributed by atoms with van der Waals surface area (Å²) in [7, 11) is 0. The van der Waals surface area contributed by atoms with Crippen LogP contribution in [-0.4, -0.2) is 47.5 Å². The first kappa shape index (κ1) is 14.8. The van der Waals surface area contributed by atoms with Gasteiger partial charge in [-0.25, -0.2) is 0 Å². The molecule has 21 heavy (non-hydrogen) atoms. The van der Waals surface area contributed by atoms with Crippen molar-refractivity contribution < 1.29 is 14.6 Å². The Hall–Kier alpha value is -1.10. The second-order valence-corrected chi connectivity index (χ2v) is 6.86. The lowest BCUT2D eigenvalue weighted by Gasteiger charge is -2.37. The van der Waals surface area contributed by atoms with Gasteiger partial charge in [0.1, 0.15) is 11.4 Å². The Morgan fingerprint density at radius 2 is 2.19 bits per heavy atom. The number of fused-ring (bicyclic) bond motifs is 1. The average Bonchev–Trinajstić information content (AvgIpc) is 2.76. The first-order valence-corrected chi connectivity index (χ1v) is 7.75. The molecule has 0 bridgehead atoms. The number of hydrogen-bond acceptors (Lipinski definition) is 4. The lowest BCUT2D eigenvalue weighted by Crippen LogP contribution is -2.48. The summed E-state index contributed by atoms with van der Waals surface area (Å²) < 4.78 is 11.8. The number of hydrogen-bond donors (Lipinski definition) is 1. The molecule has 2 atom stereocenters. The smallest absolute Gasteiger partial charge is 0.127 e. The van der Waals surface area contributed by atoms with Gasteiger partial charge >= 0.3 is 0 Å². The summed E-state index contributed by atoms with van der Waals surface area (Å²) in [4.78, 5) is 2.37. The number of ether oxygens (including phenoxy) is 2. The maximum atomic E-state index is 9.31. The Bertz CT molecular complexity index is 515. The average molecular weight is 291 g/mol. The Kier molecular flexibility index (Phi) is 3.95. The molecule has 1 fully saturated rings. The van der Waals surface area contributed by atoms with Crippen LogP contribution >= 0.6 is 0 Å². The molecule has 3 rings (SSSR count). The highest BCUT2D eigenvalue weighted by molar-refractivity contribution is 5.45. The number of aliphatic hydroxyl groups is 1. The van der Waals surface area contributed by atoms with E-state index in [0.717, 1.165) is 25.3 Å². The van der Waals surface area contributed by atoms with Crippen LogP contribution in [0.25, 0.3) is 0 Å². The van der Waals surface area contributed by atoms with Crippen LogP contribution < -0.4 is 4.74 Å². The van der Waals surface area contributed by atoms with E-state index < -0.39 is 0 Å². The van der Waals surface area contributed by atoms with E-state index in [-0.39, 0.29) is 18.3 Å². The Morgan fingerprint density at radius 1 is 1.38 bits per heavy atom. The second kappa shape index (κ2) is 5.59. The van der Waals surface area contributed by atoms with Crippen molar-refractivity contribution in [3.8, 4) is 5.75 Å². The van der Waals surface area contributed by atoms with E-state index in [1.54, 1.807) is 0 Å². The Labute approximate surface area is 126 Å². The zero-order valence-electron chi connectivity index (χ0n) is 13.1. The highest BCUT2D eigenvalue weighted by atomic mass is 16.5. The summed E-state index contributed by atoms with van der Waals surface area (Å²) in [5.74, 6) is 1.06. The second-order valence-electron chi connectivity index (χ2n) is 6.86. The van der Waals surface area contributed by atoms with Crippen LogP contribution in [0.3, 0.4) is 0 Å². The molecular formula is C17H25NO3. The molecule has 0 spiro atoms. The van der Waals surface area contributed by atoms with Gasteiger partial charge in [0.05, 0.1) is 19.3 Å². The van der Waals surface area contributed by atoms with Crippen LogP contribution in [0.4, 0.5) is 0 Å². The number of nitrogens with zero attached hydrogens (tertiary/aromatic N) is 1. The van der Waals surface area contributed by atoms with Gasteiger partial charge in [-0.2, -0.15) is 0 Å². The van der Waals surface area contributed by atoms with E-state index in [1.807, 2.05) is 0 Å². The van der Waals surface area contributed by atoms with Crippen LogP contribution in [0, 0.1) is 0 Å². The molecule has 0 aliphatic carbocycles. The summed E-state index contributed by atoms with van der Waals surface area (Å²) >= 11 is 0. The molecule has 1 N–H and O–H groups in total. The minimum Gasteiger partial charge on any atom is -0.487 e. The minimum absolute atomic E-state index is 0.0738. The highest BCUT2D eigenvalue weighted by Gasteiger charge is 2.33. The fourth-order valence-corrected chi connectivity index (χ4v) is 3.23. The topological polar surface area (TPSA) is 41.9 Å². The molecule has 0 amide bonds. The van der Waals surface area contributed by atoms with Gasteiger partial charge in [0.25, 0.3) is 0 Å². The van der Waals surface area contributed by atoms with E-state index in [4.69, 9.17) is 9.47 Å². The number of aliphatic hydroxyl groups excluding tert-OH is 1. The molecule has 2 heterocycles. The van der Waals surface area contributed by atoms with Gasteiger partial charge in [0.2, 0.25) is 0 Å². The summed E-state index contributed by atoms with van der Waals surface area (Å²) in [5.41, 5.74) is 2.43. The first-order valence-electron chi connectivity index (χ1n) is 7.75. The largest absolute Gasteiger partial charge is 0.487 e. The maximum absolute atomic E-state index is 9.31. The number of para-hydroxylation sites is 1. The molecule has 1 aromatic rings. The van der Waals surface area contributed by atoms with Crippen molar-refractivity contribution in [1.82, 2.24) is 4.90 Å².